The van der Waals surface area contributed by atoms with Gasteiger partial charge in [-0.2, -0.15) is 0 Å². The molecule has 0 bridgehead atoms. The molecule has 2 aromatic rings. The van der Waals surface area contributed by atoms with Gasteiger partial charge in [-0.3, -0.25) is 4.68 Å². The second-order valence-electron chi connectivity index (χ2n) is 5.87. The number of rotatable bonds is 8. The zero-order valence-corrected chi connectivity index (χ0v) is 13.9. The van der Waals surface area contributed by atoms with Crippen LogP contribution in [0.4, 0.5) is 0 Å². The van der Waals surface area contributed by atoms with E-state index >= 15 is 0 Å². The van der Waals surface area contributed by atoms with Crippen LogP contribution < -0.4 is 0 Å². The topological polar surface area (TPSA) is 79.9 Å². The molecule has 122 valence electrons. The van der Waals surface area contributed by atoms with Crippen molar-refractivity contribution >= 4 is 0 Å². The van der Waals surface area contributed by atoms with Gasteiger partial charge in [-0.25, -0.2) is 4.68 Å². The summed E-state index contributed by atoms with van der Waals surface area (Å²) in [5, 5.41) is 16.1. The van der Waals surface area contributed by atoms with Crippen LogP contribution in [0, 0.1) is 0 Å². The lowest BCUT2D eigenvalue weighted by molar-refractivity contribution is -0.239. The minimum Gasteiger partial charge on any atom is -0.344 e. The van der Waals surface area contributed by atoms with Crippen molar-refractivity contribution in [3.63, 3.8) is 0 Å². The van der Waals surface area contributed by atoms with Gasteiger partial charge in [-0.1, -0.05) is 24.3 Å². The molecule has 8 heteroatoms. The van der Waals surface area contributed by atoms with Crippen LogP contribution in [0.15, 0.2) is 12.4 Å². The maximum atomic E-state index is 5.75. The van der Waals surface area contributed by atoms with Crippen molar-refractivity contribution in [3.05, 3.63) is 23.8 Å². The molecule has 0 N–H and O–H groups in total. The summed E-state index contributed by atoms with van der Waals surface area (Å²) >= 11 is 0. The molecule has 0 aliphatic carbocycles. The van der Waals surface area contributed by atoms with Crippen LogP contribution >= 0.6 is 0 Å². The molecule has 22 heavy (non-hydrogen) atoms. The standard InChI is InChI=1S/C14H24N6O2/c1-6-19-7-12(15-17-19)9-21-14(4,5)22-10-20-8-13(11(2)3)16-18-20/h7-8,11H,6,9-10H2,1-5H3. The van der Waals surface area contributed by atoms with Gasteiger partial charge in [0.25, 0.3) is 0 Å². The lowest BCUT2D eigenvalue weighted by atomic mass is 10.2. The van der Waals surface area contributed by atoms with E-state index in [0.717, 1.165) is 17.9 Å². The highest BCUT2D eigenvalue weighted by Gasteiger charge is 2.20. The first kappa shape index (κ1) is 16.6. The second kappa shape index (κ2) is 6.97. The molecule has 0 aliphatic heterocycles. The average Bonchev–Trinajstić information content (AvgIpc) is 3.12. The number of hydrogen-bond donors (Lipinski definition) is 0. The van der Waals surface area contributed by atoms with E-state index in [1.54, 1.807) is 9.36 Å². The molecule has 0 spiro atoms. The van der Waals surface area contributed by atoms with E-state index in [4.69, 9.17) is 9.47 Å². The summed E-state index contributed by atoms with van der Waals surface area (Å²) in [7, 11) is 0. The normalized spacial score (nSPS) is 12.3. The molecule has 0 radical (unpaired) electrons. The van der Waals surface area contributed by atoms with E-state index in [1.807, 2.05) is 33.2 Å². The number of aryl methyl sites for hydroxylation is 1. The van der Waals surface area contributed by atoms with Gasteiger partial charge in [-0.05, 0) is 26.7 Å². The lowest BCUT2D eigenvalue weighted by Gasteiger charge is -2.24. The Morgan fingerprint density at radius 2 is 1.82 bits per heavy atom. The Hall–Kier alpha value is -1.80. The highest BCUT2D eigenvalue weighted by atomic mass is 16.7. The molecule has 2 aromatic heterocycles. The molecule has 0 unspecified atom stereocenters. The Kier molecular flexibility index (Phi) is 5.25. The number of aromatic nitrogens is 6. The molecule has 0 amide bonds. The van der Waals surface area contributed by atoms with Gasteiger partial charge in [-0.15, -0.1) is 10.2 Å². The maximum Gasteiger partial charge on any atom is 0.165 e. The molecular weight excluding hydrogens is 284 g/mol. The minimum atomic E-state index is -0.750. The number of nitrogens with zero attached hydrogens (tertiary/aromatic N) is 6. The van der Waals surface area contributed by atoms with Crippen LogP contribution in [0.25, 0.3) is 0 Å². The Bertz CT molecular complexity index is 590. The third-order valence-electron chi connectivity index (χ3n) is 3.17. The summed E-state index contributed by atoms with van der Waals surface area (Å²) in [6.45, 7) is 11.3. The molecule has 8 nitrogen and oxygen atoms in total. The van der Waals surface area contributed by atoms with Crippen LogP contribution in [0.2, 0.25) is 0 Å². The molecule has 0 fully saturated rings. The van der Waals surface area contributed by atoms with Gasteiger partial charge in [0.05, 0.1) is 24.7 Å². The molecule has 2 heterocycles. The molecule has 0 aliphatic rings. The first-order valence-corrected chi connectivity index (χ1v) is 7.46. The largest absolute Gasteiger partial charge is 0.344 e. The second-order valence-corrected chi connectivity index (χ2v) is 5.87. The molecule has 0 saturated carbocycles. The average molecular weight is 308 g/mol. The Balaban J connectivity index is 1.82. The molecule has 0 aromatic carbocycles. The smallest absolute Gasteiger partial charge is 0.165 e. The van der Waals surface area contributed by atoms with Crippen molar-refractivity contribution in [2.45, 2.75) is 66.2 Å². The van der Waals surface area contributed by atoms with Crippen LogP contribution in [-0.2, 0) is 29.4 Å². The zero-order chi connectivity index (χ0) is 16.2. The van der Waals surface area contributed by atoms with Crippen LogP contribution in [0.1, 0.15) is 51.9 Å². The predicted octanol–water partition coefficient (Wildman–Crippen LogP) is 1.94. The van der Waals surface area contributed by atoms with E-state index in [2.05, 4.69) is 34.5 Å². The van der Waals surface area contributed by atoms with Gasteiger partial charge in [0.15, 0.2) is 5.79 Å². The lowest BCUT2D eigenvalue weighted by Crippen LogP contribution is -2.29. The van der Waals surface area contributed by atoms with E-state index in [-0.39, 0.29) is 6.73 Å². The van der Waals surface area contributed by atoms with Gasteiger partial charge >= 0.3 is 0 Å². The summed E-state index contributed by atoms with van der Waals surface area (Å²) in [5.74, 6) is -0.404. The van der Waals surface area contributed by atoms with E-state index in [1.165, 1.54) is 0 Å². The van der Waals surface area contributed by atoms with E-state index in [9.17, 15) is 0 Å². The Morgan fingerprint density at radius 1 is 1.09 bits per heavy atom. The van der Waals surface area contributed by atoms with E-state index in [0.29, 0.717) is 12.5 Å². The zero-order valence-electron chi connectivity index (χ0n) is 13.9. The summed E-state index contributed by atoms with van der Waals surface area (Å²) in [5.41, 5.74) is 1.72. The fourth-order valence-corrected chi connectivity index (χ4v) is 1.71. The van der Waals surface area contributed by atoms with Gasteiger partial charge in [0.2, 0.25) is 0 Å². The third kappa shape index (κ3) is 4.60. The Labute approximate surface area is 130 Å². The van der Waals surface area contributed by atoms with Crippen molar-refractivity contribution in [1.82, 2.24) is 30.0 Å². The Morgan fingerprint density at radius 3 is 2.41 bits per heavy atom. The van der Waals surface area contributed by atoms with Crippen molar-refractivity contribution in [2.75, 3.05) is 0 Å². The predicted molar refractivity (Wildman–Crippen MR) is 79.8 cm³/mol. The fourth-order valence-electron chi connectivity index (χ4n) is 1.71. The summed E-state index contributed by atoms with van der Waals surface area (Å²) < 4.78 is 14.9. The molecule has 0 saturated heterocycles. The van der Waals surface area contributed by atoms with Crippen molar-refractivity contribution in [1.29, 1.82) is 0 Å². The van der Waals surface area contributed by atoms with Crippen LogP contribution in [0.3, 0.4) is 0 Å². The van der Waals surface area contributed by atoms with Gasteiger partial charge in [0.1, 0.15) is 12.4 Å². The molecule has 2 rings (SSSR count). The van der Waals surface area contributed by atoms with Crippen molar-refractivity contribution in [3.8, 4) is 0 Å². The summed E-state index contributed by atoms with van der Waals surface area (Å²) in [6, 6.07) is 0. The van der Waals surface area contributed by atoms with E-state index < -0.39 is 5.79 Å². The first-order chi connectivity index (χ1) is 10.4. The first-order valence-electron chi connectivity index (χ1n) is 7.46. The highest BCUT2D eigenvalue weighted by Crippen LogP contribution is 2.15. The van der Waals surface area contributed by atoms with Gasteiger partial charge < -0.3 is 9.47 Å². The maximum absolute atomic E-state index is 5.75. The minimum absolute atomic E-state index is 0.286. The third-order valence-corrected chi connectivity index (χ3v) is 3.17. The van der Waals surface area contributed by atoms with Crippen molar-refractivity contribution in [2.24, 2.45) is 0 Å². The number of hydrogen-bond acceptors (Lipinski definition) is 6. The fraction of sp³-hybridized carbons (Fsp3) is 0.714. The molecule has 0 atom stereocenters. The summed E-state index contributed by atoms with van der Waals surface area (Å²) in [6.07, 6.45) is 3.75. The van der Waals surface area contributed by atoms with Crippen LogP contribution in [0.5, 0.6) is 0 Å². The molecular formula is C14H24N6O2. The summed E-state index contributed by atoms with van der Waals surface area (Å²) in [4.78, 5) is 0. The monoisotopic (exact) mass is 308 g/mol. The van der Waals surface area contributed by atoms with Crippen molar-refractivity contribution < 1.29 is 9.47 Å². The quantitative estimate of drug-likeness (QED) is 0.693. The van der Waals surface area contributed by atoms with Gasteiger partial charge in [0, 0.05) is 6.54 Å². The SMILES string of the molecule is CCn1cc(COC(C)(C)OCn2cc(C(C)C)nn2)nn1. The highest BCUT2D eigenvalue weighted by molar-refractivity contribution is 4.97. The van der Waals surface area contributed by atoms with Crippen LogP contribution in [-0.4, -0.2) is 35.8 Å². The number of ether oxygens (including phenoxy) is 2.